The van der Waals surface area contributed by atoms with Crippen LogP contribution < -0.4 is 10.6 Å². The molecule has 2 aromatic rings. The van der Waals surface area contributed by atoms with Gasteiger partial charge in [-0.2, -0.15) is 0 Å². The smallest absolute Gasteiger partial charge is 0.319 e. The van der Waals surface area contributed by atoms with Crippen LogP contribution in [-0.4, -0.2) is 29.9 Å². The number of nitrogens with zero attached hydrogens (tertiary/aromatic N) is 1. The molecule has 120 valence electrons. The number of furan rings is 1. The monoisotopic (exact) mass is 313 g/mol. The van der Waals surface area contributed by atoms with E-state index in [1.165, 1.54) is 0 Å². The summed E-state index contributed by atoms with van der Waals surface area (Å²) in [5.41, 5.74) is 2.08. The van der Waals surface area contributed by atoms with Crippen LogP contribution >= 0.6 is 0 Å². The van der Waals surface area contributed by atoms with Crippen LogP contribution in [0.4, 0.5) is 10.5 Å². The second-order valence-electron chi connectivity index (χ2n) is 5.52. The first kappa shape index (κ1) is 15.1. The summed E-state index contributed by atoms with van der Waals surface area (Å²) in [6.45, 7) is 2.00. The Labute approximate surface area is 134 Å². The minimum atomic E-state index is -0.322. The standard InChI is InChI=1S/C17H19N3O3/c21-16(20-7-1-2-8-20)14-4-3-5-15(10-14)19-17(22)18-11-13-6-9-23-12-13/h3-6,9-10,12H,1-2,7-8,11H2,(H2,18,19,22). The Balaban J connectivity index is 1.58. The SMILES string of the molecule is O=C(NCc1ccoc1)Nc1cccc(C(=O)N2CCCC2)c1. The van der Waals surface area contributed by atoms with Gasteiger partial charge in [-0.15, -0.1) is 0 Å². The van der Waals surface area contributed by atoms with Gasteiger partial charge in [-0.25, -0.2) is 4.79 Å². The predicted octanol–water partition coefficient (Wildman–Crippen LogP) is 2.84. The molecule has 0 spiro atoms. The molecule has 1 saturated heterocycles. The number of benzene rings is 1. The van der Waals surface area contributed by atoms with Crippen LogP contribution in [0.5, 0.6) is 0 Å². The quantitative estimate of drug-likeness (QED) is 0.911. The molecule has 3 amide bonds. The number of rotatable bonds is 4. The third-order valence-corrected chi connectivity index (χ3v) is 3.79. The molecule has 1 aliphatic heterocycles. The molecule has 0 aliphatic carbocycles. The summed E-state index contributed by atoms with van der Waals surface area (Å²) < 4.78 is 4.94. The van der Waals surface area contributed by atoms with Crippen LogP contribution in [0.3, 0.4) is 0 Å². The lowest BCUT2D eigenvalue weighted by molar-refractivity contribution is 0.0793. The van der Waals surface area contributed by atoms with Crippen molar-refractivity contribution in [3.63, 3.8) is 0 Å². The highest BCUT2D eigenvalue weighted by Crippen LogP contribution is 2.16. The van der Waals surface area contributed by atoms with E-state index in [1.54, 1.807) is 42.9 Å². The Morgan fingerprint density at radius 3 is 2.74 bits per heavy atom. The summed E-state index contributed by atoms with van der Waals surface area (Å²) in [7, 11) is 0. The molecule has 3 rings (SSSR count). The molecule has 0 atom stereocenters. The highest BCUT2D eigenvalue weighted by Gasteiger charge is 2.19. The Hall–Kier alpha value is -2.76. The van der Waals surface area contributed by atoms with E-state index in [-0.39, 0.29) is 11.9 Å². The molecule has 6 nitrogen and oxygen atoms in total. The van der Waals surface area contributed by atoms with Crippen molar-refractivity contribution in [2.75, 3.05) is 18.4 Å². The Bertz CT molecular complexity index is 676. The summed E-state index contributed by atoms with van der Waals surface area (Å²) in [5.74, 6) is 0.0185. The molecule has 0 saturated carbocycles. The molecular weight excluding hydrogens is 294 g/mol. The molecule has 2 N–H and O–H groups in total. The van der Waals surface area contributed by atoms with Gasteiger partial charge in [-0.05, 0) is 37.1 Å². The number of carbonyl (C=O) groups is 2. The fourth-order valence-corrected chi connectivity index (χ4v) is 2.58. The first-order valence-electron chi connectivity index (χ1n) is 7.67. The Morgan fingerprint density at radius 2 is 2.00 bits per heavy atom. The fraction of sp³-hybridized carbons (Fsp3) is 0.294. The van der Waals surface area contributed by atoms with E-state index in [0.717, 1.165) is 31.5 Å². The molecule has 1 aliphatic rings. The predicted molar refractivity (Wildman–Crippen MR) is 86.1 cm³/mol. The lowest BCUT2D eigenvalue weighted by atomic mass is 10.2. The molecule has 6 heteroatoms. The van der Waals surface area contributed by atoms with E-state index in [0.29, 0.717) is 17.8 Å². The highest BCUT2D eigenvalue weighted by molar-refractivity contribution is 5.97. The topological polar surface area (TPSA) is 74.6 Å². The van der Waals surface area contributed by atoms with Crippen molar-refractivity contribution in [1.82, 2.24) is 10.2 Å². The maximum absolute atomic E-state index is 12.4. The number of hydrogen-bond acceptors (Lipinski definition) is 3. The molecule has 23 heavy (non-hydrogen) atoms. The van der Waals surface area contributed by atoms with Crippen LogP contribution in [-0.2, 0) is 6.54 Å². The average Bonchev–Trinajstić information content (AvgIpc) is 3.26. The van der Waals surface area contributed by atoms with Crippen LogP contribution in [0.2, 0.25) is 0 Å². The number of nitrogens with one attached hydrogen (secondary N) is 2. The number of carbonyl (C=O) groups excluding carboxylic acids is 2. The van der Waals surface area contributed by atoms with Gasteiger partial charge in [0.15, 0.2) is 0 Å². The second kappa shape index (κ2) is 7.00. The Kier molecular flexibility index (Phi) is 4.61. The molecule has 0 radical (unpaired) electrons. The zero-order valence-electron chi connectivity index (χ0n) is 12.7. The highest BCUT2D eigenvalue weighted by atomic mass is 16.3. The Morgan fingerprint density at radius 1 is 1.17 bits per heavy atom. The van der Waals surface area contributed by atoms with Crippen LogP contribution in [0, 0.1) is 0 Å². The molecule has 1 fully saturated rings. The summed E-state index contributed by atoms with van der Waals surface area (Å²) >= 11 is 0. The largest absolute Gasteiger partial charge is 0.472 e. The van der Waals surface area contributed by atoms with Crippen molar-refractivity contribution in [2.45, 2.75) is 19.4 Å². The molecule has 0 bridgehead atoms. The lowest BCUT2D eigenvalue weighted by Crippen LogP contribution is -2.29. The summed E-state index contributed by atoms with van der Waals surface area (Å²) in [6.07, 6.45) is 5.25. The molecule has 2 heterocycles. The zero-order chi connectivity index (χ0) is 16.1. The maximum atomic E-state index is 12.4. The first-order chi connectivity index (χ1) is 11.2. The summed E-state index contributed by atoms with van der Waals surface area (Å²) in [4.78, 5) is 26.1. The van der Waals surface area contributed by atoms with Gasteiger partial charge in [0, 0.05) is 36.4 Å². The van der Waals surface area contributed by atoms with Crippen molar-refractivity contribution < 1.29 is 14.0 Å². The van der Waals surface area contributed by atoms with Gasteiger partial charge in [0.2, 0.25) is 0 Å². The minimum Gasteiger partial charge on any atom is -0.472 e. The van der Waals surface area contributed by atoms with Gasteiger partial charge in [0.25, 0.3) is 5.91 Å². The van der Waals surface area contributed by atoms with Gasteiger partial charge in [0.05, 0.1) is 12.5 Å². The third-order valence-electron chi connectivity index (χ3n) is 3.79. The lowest BCUT2D eigenvalue weighted by Gasteiger charge is -2.15. The fourth-order valence-electron chi connectivity index (χ4n) is 2.58. The normalized spacial score (nSPS) is 13.8. The molecule has 0 unspecified atom stereocenters. The molecular formula is C17H19N3O3. The zero-order valence-corrected chi connectivity index (χ0v) is 12.7. The van der Waals surface area contributed by atoms with Gasteiger partial charge >= 0.3 is 6.03 Å². The van der Waals surface area contributed by atoms with E-state index >= 15 is 0 Å². The molecule has 1 aromatic heterocycles. The third kappa shape index (κ3) is 3.91. The van der Waals surface area contributed by atoms with Gasteiger partial charge in [-0.3, -0.25) is 4.79 Å². The van der Waals surface area contributed by atoms with Crippen molar-refractivity contribution in [3.05, 3.63) is 54.0 Å². The molecule has 1 aromatic carbocycles. The average molecular weight is 313 g/mol. The number of likely N-dealkylation sites (tertiary alicyclic amines) is 1. The first-order valence-corrected chi connectivity index (χ1v) is 7.67. The summed E-state index contributed by atoms with van der Waals surface area (Å²) in [5, 5.41) is 5.47. The van der Waals surface area contributed by atoms with E-state index < -0.39 is 0 Å². The number of urea groups is 1. The second-order valence-corrected chi connectivity index (χ2v) is 5.52. The van der Waals surface area contributed by atoms with Crippen LogP contribution in [0.1, 0.15) is 28.8 Å². The van der Waals surface area contributed by atoms with E-state index in [2.05, 4.69) is 10.6 Å². The van der Waals surface area contributed by atoms with E-state index in [1.807, 2.05) is 4.90 Å². The number of amides is 3. The number of hydrogen-bond donors (Lipinski definition) is 2. The van der Waals surface area contributed by atoms with Crippen molar-refractivity contribution in [1.29, 1.82) is 0 Å². The van der Waals surface area contributed by atoms with Crippen molar-refractivity contribution >= 4 is 17.6 Å². The van der Waals surface area contributed by atoms with Crippen molar-refractivity contribution in [3.8, 4) is 0 Å². The van der Waals surface area contributed by atoms with Crippen LogP contribution in [0.15, 0.2) is 47.3 Å². The van der Waals surface area contributed by atoms with Gasteiger partial charge in [-0.1, -0.05) is 6.07 Å². The number of anilines is 1. The van der Waals surface area contributed by atoms with Gasteiger partial charge in [0.1, 0.15) is 0 Å². The van der Waals surface area contributed by atoms with Crippen LogP contribution in [0.25, 0.3) is 0 Å². The van der Waals surface area contributed by atoms with E-state index in [4.69, 9.17) is 4.42 Å². The van der Waals surface area contributed by atoms with E-state index in [9.17, 15) is 9.59 Å². The summed E-state index contributed by atoms with van der Waals surface area (Å²) in [6, 6.07) is 8.48. The van der Waals surface area contributed by atoms with Crippen molar-refractivity contribution in [2.24, 2.45) is 0 Å². The minimum absolute atomic E-state index is 0.0185. The van der Waals surface area contributed by atoms with Gasteiger partial charge < -0.3 is 20.0 Å². The maximum Gasteiger partial charge on any atom is 0.319 e.